The minimum Gasteiger partial charge on any atom is -0.461 e. The van der Waals surface area contributed by atoms with Crippen molar-refractivity contribution in [3.63, 3.8) is 0 Å². The highest BCUT2D eigenvalue weighted by Crippen LogP contribution is 2.33. The van der Waals surface area contributed by atoms with Gasteiger partial charge in [-0.05, 0) is 59.9 Å². The topological polar surface area (TPSA) is 68.6 Å². The van der Waals surface area contributed by atoms with E-state index < -0.39 is 12.0 Å². The first kappa shape index (κ1) is 20.2. The molecule has 1 aromatic rings. The molecule has 1 saturated carbocycles. The van der Waals surface area contributed by atoms with Crippen molar-refractivity contribution in [2.24, 2.45) is 13.0 Å². The van der Waals surface area contributed by atoms with Gasteiger partial charge in [0.2, 0.25) is 5.91 Å². The van der Waals surface area contributed by atoms with Crippen LogP contribution in [0.4, 0.5) is 0 Å². The van der Waals surface area contributed by atoms with Crippen molar-refractivity contribution in [3.05, 3.63) is 22.5 Å². The molecular formula is C20H30N2O4. The first-order chi connectivity index (χ1) is 12.1. The second-order valence-corrected chi connectivity index (χ2v) is 7.37. The van der Waals surface area contributed by atoms with Gasteiger partial charge >= 0.3 is 5.97 Å². The Bertz CT molecular complexity index is 729. The lowest BCUT2D eigenvalue weighted by Gasteiger charge is -2.32. The highest BCUT2D eigenvalue weighted by Gasteiger charge is 2.39. The summed E-state index contributed by atoms with van der Waals surface area (Å²) in [5.41, 5.74) is 2.23. The molecule has 0 aliphatic heterocycles. The summed E-state index contributed by atoms with van der Waals surface area (Å²) in [6.07, 6.45) is 1.80. The van der Waals surface area contributed by atoms with Crippen molar-refractivity contribution < 1.29 is 19.1 Å². The Morgan fingerprint density at radius 2 is 1.77 bits per heavy atom. The van der Waals surface area contributed by atoms with Gasteiger partial charge in [0, 0.05) is 30.3 Å². The second kappa shape index (κ2) is 7.64. The maximum atomic E-state index is 13.3. The van der Waals surface area contributed by atoms with Crippen LogP contribution in [0.2, 0.25) is 0 Å². The van der Waals surface area contributed by atoms with Crippen LogP contribution in [0.5, 0.6) is 0 Å². The number of aromatic nitrogens is 1. The van der Waals surface area contributed by atoms with Gasteiger partial charge < -0.3 is 14.2 Å². The standard InChI is InChI=1S/C20H30N2O4/c1-8-26-20(25)17-12(4)16(13(5)21(17)7)18(23)14(6)22(11(2)3)19(24)15-9-10-15/h11,14-15H,8-10H2,1-7H3. The summed E-state index contributed by atoms with van der Waals surface area (Å²) >= 11 is 0. The van der Waals surface area contributed by atoms with E-state index in [0.717, 1.165) is 12.8 Å². The van der Waals surface area contributed by atoms with E-state index in [9.17, 15) is 14.4 Å². The molecule has 0 N–H and O–H groups in total. The lowest BCUT2D eigenvalue weighted by molar-refractivity contribution is -0.135. The second-order valence-electron chi connectivity index (χ2n) is 7.37. The van der Waals surface area contributed by atoms with Crippen molar-refractivity contribution in [1.29, 1.82) is 0 Å². The molecular weight excluding hydrogens is 332 g/mol. The molecule has 6 heteroatoms. The van der Waals surface area contributed by atoms with E-state index in [4.69, 9.17) is 4.74 Å². The molecule has 1 aromatic heterocycles. The lowest BCUT2D eigenvalue weighted by Crippen LogP contribution is -2.48. The van der Waals surface area contributed by atoms with Crippen molar-refractivity contribution in [2.45, 2.75) is 66.5 Å². The third kappa shape index (κ3) is 3.55. The summed E-state index contributed by atoms with van der Waals surface area (Å²) in [6, 6.07) is -0.631. The van der Waals surface area contributed by atoms with Gasteiger partial charge in [-0.15, -0.1) is 0 Å². The van der Waals surface area contributed by atoms with Gasteiger partial charge in [0.1, 0.15) is 5.69 Å². The Labute approximate surface area is 155 Å². The van der Waals surface area contributed by atoms with E-state index in [1.807, 2.05) is 20.8 Å². The summed E-state index contributed by atoms with van der Waals surface area (Å²) in [5.74, 6) is -0.454. The maximum absolute atomic E-state index is 13.3. The van der Waals surface area contributed by atoms with E-state index >= 15 is 0 Å². The van der Waals surface area contributed by atoms with Crippen LogP contribution in [0, 0.1) is 19.8 Å². The molecule has 1 aliphatic carbocycles. The van der Waals surface area contributed by atoms with Crippen molar-refractivity contribution in [3.8, 4) is 0 Å². The monoisotopic (exact) mass is 362 g/mol. The fraction of sp³-hybridized carbons (Fsp3) is 0.650. The van der Waals surface area contributed by atoms with Crippen LogP contribution in [0.15, 0.2) is 0 Å². The molecule has 6 nitrogen and oxygen atoms in total. The van der Waals surface area contributed by atoms with Crippen molar-refractivity contribution in [1.82, 2.24) is 9.47 Å². The SMILES string of the molecule is CCOC(=O)c1c(C)c(C(=O)C(C)N(C(=O)C2CC2)C(C)C)c(C)n1C. The van der Waals surface area contributed by atoms with Gasteiger partial charge in [-0.3, -0.25) is 9.59 Å². The molecule has 144 valence electrons. The first-order valence-electron chi connectivity index (χ1n) is 9.32. The molecule has 1 amide bonds. The quantitative estimate of drug-likeness (QED) is 0.552. The molecule has 1 fully saturated rings. The van der Waals surface area contributed by atoms with Gasteiger partial charge in [-0.25, -0.2) is 4.79 Å². The highest BCUT2D eigenvalue weighted by atomic mass is 16.5. The molecule has 26 heavy (non-hydrogen) atoms. The highest BCUT2D eigenvalue weighted by molar-refractivity contribution is 6.06. The van der Waals surface area contributed by atoms with Gasteiger partial charge in [-0.2, -0.15) is 0 Å². The predicted octanol–water partition coefficient (Wildman–Crippen LogP) is 3.04. The van der Waals surface area contributed by atoms with Crippen molar-refractivity contribution in [2.75, 3.05) is 6.61 Å². The number of amides is 1. The van der Waals surface area contributed by atoms with Crippen LogP contribution >= 0.6 is 0 Å². The number of hydrogen-bond donors (Lipinski definition) is 0. The summed E-state index contributed by atoms with van der Waals surface area (Å²) in [5, 5.41) is 0. The number of ketones is 1. The van der Waals surface area contributed by atoms with Crippen LogP contribution in [0.1, 0.15) is 72.6 Å². The average molecular weight is 362 g/mol. The molecule has 1 unspecified atom stereocenters. The number of carbonyl (C=O) groups excluding carboxylic acids is 3. The van der Waals surface area contributed by atoms with Gasteiger partial charge in [0.25, 0.3) is 0 Å². The number of nitrogens with zero attached hydrogens (tertiary/aromatic N) is 2. The Hall–Kier alpha value is -2.11. The molecule has 1 aliphatic rings. The van der Waals surface area contributed by atoms with Gasteiger partial charge in [0.05, 0.1) is 12.6 Å². The molecule has 0 aromatic carbocycles. The van der Waals surface area contributed by atoms with Gasteiger partial charge in [0.15, 0.2) is 5.78 Å². The number of ether oxygens (including phenoxy) is 1. The van der Waals surface area contributed by atoms with Gasteiger partial charge in [-0.1, -0.05) is 0 Å². The Morgan fingerprint density at radius 1 is 1.19 bits per heavy atom. The molecule has 2 rings (SSSR count). The number of hydrogen-bond acceptors (Lipinski definition) is 4. The molecule has 0 radical (unpaired) electrons. The van der Waals surface area contributed by atoms with Crippen LogP contribution in [-0.2, 0) is 16.6 Å². The van der Waals surface area contributed by atoms with E-state index in [1.165, 1.54) is 0 Å². The number of rotatable bonds is 7. The Balaban J connectivity index is 2.40. The summed E-state index contributed by atoms with van der Waals surface area (Å²) in [7, 11) is 1.76. The van der Waals surface area contributed by atoms with E-state index in [0.29, 0.717) is 22.5 Å². The average Bonchev–Trinajstić information content (AvgIpc) is 3.36. The molecule has 0 saturated heterocycles. The third-order valence-corrected chi connectivity index (χ3v) is 5.18. The van der Waals surface area contributed by atoms with E-state index in [1.54, 1.807) is 37.3 Å². The fourth-order valence-corrected chi connectivity index (χ4v) is 3.60. The minimum absolute atomic E-state index is 0.0534. The fourth-order valence-electron chi connectivity index (χ4n) is 3.60. The summed E-state index contributed by atoms with van der Waals surface area (Å²) < 4.78 is 6.83. The zero-order valence-corrected chi connectivity index (χ0v) is 16.9. The number of carbonyl (C=O) groups is 3. The smallest absolute Gasteiger partial charge is 0.355 e. The van der Waals surface area contributed by atoms with Crippen LogP contribution in [0.25, 0.3) is 0 Å². The Kier molecular flexibility index (Phi) is 5.94. The molecule has 1 heterocycles. The lowest BCUT2D eigenvalue weighted by atomic mass is 9.98. The van der Waals surface area contributed by atoms with Crippen LogP contribution < -0.4 is 0 Å². The zero-order chi connectivity index (χ0) is 19.8. The van der Waals surface area contributed by atoms with Crippen LogP contribution in [-0.4, -0.2) is 45.8 Å². The molecule has 0 bridgehead atoms. The first-order valence-corrected chi connectivity index (χ1v) is 9.32. The summed E-state index contributed by atoms with van der Waals surface area (Å²) in [6.45, 7) is 11.2. The maximum Gasteiger partial charge on any atom is 0.355 e. The number of esters is 1. The third-order valence-electron chi connectivity index (χ3n) is 5.18. The normalized spacial score (nSPS) is 15.1. The summed E-state index contributed by atoms with van der Waals surface area (Å²) in [4.78, 5) is 39.9. The molecule has 1 atom stereocenters. The Morgan fingerprint density at radius 3 is 2.23 bits per heavy atom. The minimum atomic E-state index is -0.571. The largest absolute Gasteiger partial charge is 0.461 e. The van der Waals surface area contributed by atoms with Crippen LogP contribution in [0.3, 0.4) is 0 Å². The zero-order valence-electron chi connectivity index (χ0n) is 16.9. The van der Waals surface area contributed by atoms with E-state index in [2.05, 4.69) is 0 Å². The predicted molar refractivity (Wildman–Crippen MR) is 99.3 cm³/mol. The molecule has 0 spiro atoms. The number of Topliss-reactive ketones (excluding diaryl/α,β-unsaturated/α-hetero) is 1. The van der Waals surface area contributed by atoms with E-state index in [-0.39, 0.29) is 30.3 Å². The van der Waals surface area contributed by atoms with Crippen molar-refractivity contribution >= 4 is 17.7 Å².